The molecule has 0 unspecified atom stereocenters. The highest BCUT2D eigenvalue weighted by atomic mass is 16.6. The first-order valence-electron chi connectivity index (χ1n) is 4.03. The third kappa shape index (κ3) is 1.26. The van der Waals surface area contributed by atoms with Gasteiger partial charge in [0, 0.05) is 11.6 Å². The Morgan fingerprint density at radius 3 is 2.86 bits per heavy atom. The van der Waals surface area contributed by atoms with Crippen LogP contribution in [-0.4, -0.2) is 17.1 Å². The number of carbonyl (C=O) groups is 2. The van der Waals surface area contributed by atoms with Crippen molar-refractivity contribution in [3.8, 4) is 0 Å². The van der Waals surface area contributed by atoms with E-state index in [4.69, 9.17) is 0 Å². The molecule has 0 bridgehead atoms. The molecule has 70 valence electrons. The first-order valence-corrected chi connectivity index (χ1v) is 4.03. The molecule has 0 aliphatic heterocycles. The van der Waals surface area contributed by atoms with Crippen LogP contribution < -0.4 is 0 Å². The molecule has 0 radical (unpaired) electrons. The fourth-order valence-corrected chi connectivity index (χ4v) is 1.34. The molecule has 0 amide bonds. The molecule has 2 aromatic rings. The van der Waals surface area contributed by atoms with Crippen LogP contribution in [0.2, 0.25) is 0 Å². The maximum atomic E-state index is 11.2. The lowest BCUT2D eigenvalue weighted by molar-refractivity contribution is -0.123. The monoisotopic (exact) mass is 189 g/mol. The van der Waals surface area contributed by atoms with Crippen LogP contribution in [0.25, 0.3) is 10.9 Å². The van der Waals surface area contributed by atoms with Gasteiger partial charge in [-0.15, -0.1) is 0 Å². The van der Waals surface area contributed by atoms with E-state index in [0.717, 1.165) is 10.9 Å². The van der Waals surface area contributed by atoms with E-state index >= 15 is 0 Å². The maximum absolute atomic E-state index is 11.2. The fourth-order valence-electron chi connectivity index (χ4n) is 1.34. The number of rotatable bonds is 1. The summed E-state index contributed by atoms with van der Waals surface area (Å²) in [6, 6.07) is 9.12. The van der Waals surface area contributed by atoms with E-state index in [1.54, 1.807) is 18.3 Å². The van der Waals surface area contributed by atoms with Crippen LogP contribution in [0.15, 0.2) is 36.5 Å². The van der Waals surface area contributed by atoms with E-state index in [1.807, 2.05) is 18.2 Å². The van der Waals surface area contributed by atoms with Crippen molar-refractivity contribution in [1.82, 2.24) is 4.57 Å². The average molecular weight is 189 g/mol. The molecule has 0 saturated carbocycles. The number of hydrogen-bond donors (Lipinski definition) is 0. The number of nitrogens with zero attached hydrogens (tertiary/aromatic N) is 1. The van der Waals surface area contributed by atoms with E-state index in [2.05, 4.69) is 4.74 Å². The maximum Gasteiger partial charge on any atom is 0.426 e. The van der Waals surface area contributed by atoms with Gasteiger partial charge in [0.2, 0.25) is 0 Å². The summed E-state index contributed by atoms with van der Waals surface area (Å²) in [6.45, 7) is 0.122. The number of fused-ring (bicyclic) bond motifs is 1. The molecule has 2 rings (SSSR count). The summed E-state index contributed by atoms with van der Waals surface area (Å²) in [5.74, 6) is 0. The van der Waals surface area contributed by atoms with Gasteiger partial charge in [-0.05, 0) is 12.1 Å². The van der Waals surface area contributed by atoms with Crippen molar-refractivity contribution in [2.24, 2.45) is 0 Å². The molecule has 0 N–H and O–H groups in total. The minimum atomic E-state index is -0.693. The van der Waals surface area contributed by atoms with Crippen molar-refractivity contribution < 1.29 is 14.3 Å². The minimum Gasteiger partial charge on any atom is -0.378 e. The molecular formula is C10H7NO3. The Kier molecular flexibility index (Phi) is 2.02. The van der Waals surface area contributed by atoms with Crippen LogP contribution in [0.4, 0.5) is 4.79 Å². The van der Waals surface area contributed by atoms with Gasteiger partial charge in [0.15, 0.2) is 0 Å². The predicted octanol–water partition coefficient (Wildman–Crippen LogP) is 1.78. The first-order chi connectivity index (χ1) is 6.83. The van der Waals surface area contributed by atoms with Crippen LogP contribution >= 0.6 is 0 Å². The number of aromatic nitrogens is 1. The van der Waals surface area contributed by atoms with Crippen molar-refractivity contribution in [3.05, 3.63) is 36.5 Å². The lowest BCUT2D eigenvalue weighted by atomic mass is 10.2. The van der Waals surface area contributed by atoms with Crippen LogP contribution in [0.5, 0.6) is 0 Å². The fraction of sp³-hybridized carbons (Fsp3) is 0. The normalized spacial score (nSPS) is 10.0. The number of hydrogen-bond acceptors (Lipinski definition) is 3. The molecule has 0 atom stereocenters. The zero-order chi connectivity index (χ0) is 9.97. The number of para-hydroxylation sites is 1. The number of ether oxygens (including phenoxy) is 1. The highest BCUT2D eigenvalue weighted by molar-refractivity contribution is 5.90. The Hall–Kier alpha value is -2.10. The summed E-state index contributed by atoms with van der Waals surface area (Å²) in [5, 5.41) is 0.926. The van der Waals surface area contributed by atoms with E-state index in [-0.39, 0.29) is 6.47 Å². The standard InChI is InChI=1S/C10H7NO3/c12-7-14-10(13)11-6-5-8-3-1-2-4-9(8)11/h1-7H. The van der Waals surface area contributed by atoms with Gasteiger partial charge in [-0.25, -0.2) is 4.79 Å². The molecule has 1 aromatic carbocycles. The Morgan fingerprint density at radius 2 is 2.07 bits per heavy atom. The zero-order valence-electron chi connectivity index (χ0n) is 7.21. The molecule has 0 fully saturated rings. The lowest BCUT2D eigenvalue weighted by Crippen LogP contribution is -2.10. The molecule has 1 heterocycles. The van der Waals surface area contributed by atoms with Gasteiger partial charge in [-0.1, -0.05) is 18.2 Å². The van der Waals surface area contributed by atoms with Gasteiger partial charge < -0.3 is 4.74 Å². The van der Waals surface area contributed by atoms with Crippen LogP contribution in [-0.2, 0) is 9.53 Å². The molecule has 4 heteroatoms. The van der Waals surface area contributed by atoms with Gasteiger partial charge in [-0.3, -0.25) is 9.36 Å². The Balaban J connectivity index is 2.52. The molecule has 4 nitrogen and oxygen atoms in total. The second-order valence-corrected chi connectivity index (χ2v) is 2.72. The second-order valence-electron chi connectivity index (χ2n) is 2.72. The Bertz CT molecular complexity index is 487. The number of benzene rings is 1. The third-order valence-electron chi connectivity index (χ3n) is 1.95. The summed E-state index contributed by atoms with van der Waals surface area (Å²) in [5.41, 5.74) is 0.722. The third-order valence-corrected chi connectivity index (χ3v) is 1.95. The summed E-state index contributed by atoms with van der Waals surface area (Å²) < 4.78 is 5.52. The van der Waals surface area contributed by atoms with E-state index in [0.29, 0.717) is 0 Å². The van der Waals surface area contributed by atoms with Gasteiger partial charge in [0.25, 0.3) is 0 Å². The van der Waals surface area contributed by atoms with Crippen LogP contribution in [0, 0.1) is 0 Å². The highest BCUT2D eigenvalue weighted by Gasteiger charge is 2.08. The molecule has 0 aliphatic rings. The molecule has 0 saturated heterocycles. The van der Waals surface area contributed by atoms with Crippen molar-refractivity contribution in [1.29, 1.82) is 0 Å². The van der Waals surface area contributed by atoms with Crippen molar-refractivity contribution >= 4 is 23.5 Å². The van der Waals surface area contributed by atoms with Gasteiger partial charge >= 0.3 is 12.6 Å². The Labute approximate surface area is 79.7 Å². The van der Waals surface area contributed by atoms with Gasteiger partial charge in [-0.2, -0.15) is 0 Å². The summed E-state index contributed by atoms with van der Waals surface area (Å²) >= 11 is 0. The summed E-state index contributed by atoms with van der Waals surface area (Å²) in [7, 11) is 0. The van der Waals surface area contributed by atoms with Crippen LogP contribution in [0.1, 0.15) is 0 Å². The summed E-state index contributed by atoms with van der Waals surface area (Å²) in [6.07, 6.45) is 0.873. The Morgan fingerprint density at radius 1 is 1.29 bits per heavy atom. The SMILES string of the molecule is O=COC(=O)n1ccc2ccccc21. The predicted molar refractivity (Wildman–Crippen MR) is 49.9 cm³/mol. The second kappa shape index (κ2) is 3.33. The minimum absolute atomic E-state index is 0.122. The van der Waals surface area contributed by atoms with Crippen molar-refractivity contribution in [3.63, 3.8) is 0 Å². The topological polar surface area (TPSA) is 48.3 Å². The average Bonchev–Trinajstić information content (AvgIpc) is 2.61. The zero-order valence-corrected chi connectivity index (χ0v) is 7.21. The molecular weight excluding hydrogens is 182 g/mol. The van der Waals surface area contributed by atoms with Gasteiger partial charge in [0.05, 0.1) is 5.52 Å². The largest absolute Gasteiger partial charge is 0.426 e. The van der Waals surface area contributed by atoms with E-state index in [9.17, 15) is 9.59 Å². The molecule has 1 aromatic heterocycles. The van der Waals surface area contributed by atoms with Crippen molar-refractivity contribution in [2.75, 3.05) is 0 Å². The molecule has 0 spiro atoms. The molecule has 0 aliphatic carbocycles. The highest BCUT2D eigenvalue weighted by Crippen LogP contribution is 2.14. The van der Waals surface area contributed by atoms with Gasteiger partial charge in [0.1, 0.15) is 0 Å². The first kappa shape index (κ1) is 8.50. The van der Waals surface area contributed by atoms with Crippen molar-refractivity contribution in [2.45, 2.75) is 0 Å². The van der Waals surface area contributed by atoms with Crippen LogP contribution in [0.3, 0.4) is 0 Å². The quantitative estimate of drug-likeness (QED) is 0.507. The molecule has 14 heavy (non-hydrogen) atoms. The lowest BCUT2D eigenvalue weighted by Gasteiger charge is -1.99. The van der Waals surface area contributed by atoms with E-state index < -0.39 is 6.09 Å². The van der Waals surface area contributed by atoms with E-state index in [1.165, 1.54) is 4.57 Å². The number of carbonyl (C=O) groups excluding carboxylic acids is 2. The smallest absolute Gasteiger partial charge is 0.378 e. The summed E-state index contributed by atoms with van der Waals surface area (Å²) in [4.78, 5) is 21.2.